The number of carbonyl (C=O) groups is 2. The molecule has 0 saturated carbocycles. The van der Waals surface area contributed by atoms with Crippen LogP contribution in [-0.4, -0.2) is 52.8 Å². The first-order valence-electron chi connectivity index (χ1n) is 10.4. The average molecular weight is 384 g/mol. The zero-order valence-corrected chi connectivity index (χ0v) is 17.8. The Kier molecular flexibility index (Phi) is 5.82. The first-order valence-corrected chi connectivity index (χ1v) is 10.4. The molecule has 0 aliphatic carbocycles. The number of piperazine rings is 1. The molecular formula is C23H33N3O2. The van der Waals surface area contributed by atoms with Crippen molar-refractivity contribution in [1.29, 1.82) is 0 Å². The van der Waals surface area contributed by atoms with Crippen LogP contribution in [-0.2, 0) is 10.2 Å². The van der Waals surface area contributed by atoms with Crippen LogP contribution < -0.4 is 0 Å². The van der Waals surface area contributed by atoms with Crippen LogP contribution in [0.2, 0.25) is 0 Å². The zero-order valence-electron chi connectivity index (χ0n) is 17.8. The smallest absolute Gasteiger partial charge is 0.270 e. The van der Waals surface area contributed by atoms with E-state index in [4.69, 9.17) is 0 Å². The summed E-state index contributed by atoms with van der Waals surface area (Å²) >= 11 is 0. The summed E-state index contributed by atoms with van der Waals surface area (Å²) in [6.07, 6.45) is 1.52. The lowest BCUT2D eigenvalue weighted by Crippen LogP contribution is -2.50. The number of nitrogens with zero attached hydrogens (tertiary/aromatic N) is 2. The van der Waals surface area contributed by atoms with Crippen LogP contribution in [0.4, 0.5) is 0 Å². The minimum Gasteiger partial charge on any atom is -0.351 e. The van der Waals surface area contributed by atoms with Gasteiger partial charge in [0.2, 0.25) is 5.91 Å². The maximum Gasteiger partial charge on any atom is 0.270 e. The number of aromatic nitrogens is 1. The predicted octanol–water partition coefficient (Wildman–Crippen LogP) is 4.19. The van der Waals surface area contributed by atoms with Gasteiger partial charge >= 0.3 is 0 Å². The second-order valence-electron chi connectivity index (χ2n) is 9.34. The van der Waals surface area contributed by atoms with Gasteiger partial charge in [0, 0.05) is 43.5 Å². The molecule has 1 fully saturated rings. The Morgan fingerprint density at radius 2 is 1.68 bits per heavy atom. The predicted molar refractivity (Wildman–Crippen MR) is 114 cm³/mol. The second-order valence-corrected chi connectivity index (χ2v) is 9.34. The highest BCUT2D eigenvalue weighted by Gasteiger charge is 2.26. The number of carbonyl (C=O) groups excluding carboxylic acids is 2. The van der Waals surface area contributed by atoms with Crippen molar-refractivity contribution in [1.82, 2.24) is 14.8 Å². The Hall–Kier alpha value is -2.30. The fourth-order valence-electron chi connectivity index (χ4n) is 3.61. The third-order valence-corrected chi connectivity index (χ3v) is 5.57. The van der Waals surface area contributed by atoms with Crippen LogP contribution in [0, 0.1) is 5.92 Å². The Labute approximate surface area is 168 Å². The summed E-state index contributed by atoms with van der Waals surface area (Å²) in [6.45, 7) is 13.3. The number of benzene rings is 1. The fourth-order valence-corrected chi connectivity index (χ4v) is 3.61. The highest BCUT2D eigenvalue weighted by atomic mass is 16.2. The number of rotatable bonds is 4. The Morgan fingerprint density at radius 1 is 1.04 bits per heavy atom. The molecule has 1 aromatic carbocycles. The third-order valence-electron chi connectivity index (χ3n) is 5.57. The van der Waals surface area contributed by atoms with Gasteiger partial charge in [-0.15, -0.1) is 0 Å². The fraction of sp³-hybridized carbons (Fsp3) is 0.565. The summed E-state index contributed by atoms with van der Waals surface area (Å²) < 4.78 is 0. The summed E-state index contributed by atoms with van der Waals surface area (Å²) in [4.78, 5) is 32.3. The zero-order chi connectivity index (χ0) is 20.5. The molecule has 0 bridgehead atoms. The molecule has 0 unspecified atom stereocenters. The van der Waals surface area contributed by atoms with Gasteiger partial charge in [0.05, 0.1) is 0 Å². The SMILES string of the molecule is CC(C)CCC(=O)N1CCN(C(=O)c2cc3ccc(C(C)(C)C)cc3[nH]2)CC1. The molecule has 2 aromatic rings. The molecule has 152 valence electrons. The number of amides is 2. The molecule has 2 amide bonds. The molecule has 0 spiro atoms. The summed E-state index contributed by atoms with van der Waals surface area (Å²) in [5.74, 6) is 0.761. The van der Waals surface area contributed by atoms with Crippen LogP contribution >= 0.6 is 0 Å². The largest absolute Gasteiger partial charge is 0.351 e. The van der Waals surface area contributed by atoms with Crippen molar-refractivity contribution in [3.05, 3.63) is 35.5 Å². The molecule has 1 aromatic heterocycles. The molecule has 5 heteroatoms. The van der Waals surface area contributed by atoms with E-state index in [0.717, 1.165) is 17.3 Å². The molecule has 28 heavy (non-hydrogen) atoms. The molecule has 3 rings (SSSR count). The number of H-pyrrole nitrogens is 1. The van der Waals surface area contributed by atoms with Crippen molar-refractivity contribution in [3.63, 3.8) is 0 Å². The minimum atomic E-state index is 0.0165. The number of nitrogens with one attached hydrogen (secondary N) is 1. The Morgan fingerprint density at radius 3 is 2.29 bits per heavy atom. The standard InChI is InChI=1S/C23H33N3O2/c1-16(2)6-9-21(27)25-10-12-26(13-11-25)22(28)20-14-17-7-8-18(23(3,4)5)15-19(17)24-20/h7-8,14-16,24H,6,9-13H2,1-5H3. The molecule has 1 N–H and O–H groups in total. The molecule has 5 nitrogen and oxygen atoms in total. The van der Waals surface area contributed by atoms with Gasteiger partial charge in [-0.05, 0) is 35.4 Å². The van der Waals surface area contributed by atoms with Gasteiger partial charge in [-0.1, -0.05) is 46.8 Å². The summed E-state index contributed by atoms with van der Waals surface area (Å²) in [5, 5.41) is 1.05. The normalized spacial score (nSPS) is 15.5. The van der Waals surface area contributed by atoms with Crippen molar-refractivity contribution < 1.29 is 9.59 Å². The quantitative estimate of drug-likeness (QED) is 0.861. The summed E-state index contributed by atoms with van der Waals surface area (Å²) in [5.41, 5.74) is 2.94. The van der Waals surface area contributed by atoms with Gasteiger partial charge in [-0.3, -0.25) is 9.59 Å². The van der Waals surface area contributed by atoms with Crippen molar-refractivity contribution in [2.75, 3.05) is 26.2 Å². The van der Waals surface area contributed by atoms with Crippen molar-refractivity contribution in [2.45, 2.75) is 52.9 Å². The van der Waals surface area contributed by atoms with Crippen LogP contribution in [0.3, 0.4) is 0 Å². The lowest BCUT2D eigenvalue weighted by Gasteiger charge is -2.34. The number of hydrogen-bond acceptors (Lipinski definition) is 2. The van der Waals surface area contributed by atoms with Gasteiger partial charge in [0.1, 0.15) is 5.69 Å². The van der Waals surface area contributed by atoms with E-state index in [-0.39, 0.29) is 17.2 Å². The van der Waals surface area contributed by atoms with Crippen LogP contribution in [0.5, 0.6) is 0 Å². The Balaban J connectivity index is 1.64. The van der Waals surface area contributed by atoms with E-state index in [1.54, 1.807) is 0 Å². The van der Waals surface area contributed by atoms with Crippen LogP contribution in [0.1, 0.15) is 63.5 Å². The van der Waals surface area contributed by atoms with Crippen LogP contribution in [0.25, 0.3) is 10.9 Å². The van der Waals surface area contributed by atoms with E-state index in [1.807, 2.05) is 15.9 Å². The third kappa shape index (κ3) is 4.57. The first kappa shape index (κ1) is 20.4. The monoisotopic (exact) mass is 383 g/mol. The summed E-state index contributed by atoms with van der Waals surface area (Å²) in [6, 6.07) is 8.28. The van der Waals surface area contributed by atoms with Crippen LogP contribution in [0.15, 0.2) is 24.3 Å². The van der Waals surface area contributed by atoms with Crippen molar-refractivity contribution >= 4 is 22.7 Å². The van der Waals surface area contributed by atoms with Gasteiger partial charge in [-0.2, -0.15) is 0 Å². The first-order chi connectivity index (χ1) is 13.1. The molecule has 1 saturated heterocycles. The second kappa shape index (κ2) is 7.98. The van der Waals surface area contributed by atoms with Gasteiger partial charge in [-0.25, -0.2) is 0 Å². The highest BCUT2D eigenvalue weighted by Crippen LogP contribution is 2.26. The molecule has 0 radical (unpaired) electrons. The number of fused-ring (bicyclic) bond motifs is 1. The van der Waals surface area contributed by atoms with Crippen molar-refractivity contribution in [3.8, 4) is 0 Å². The average Bonchev–Trinajstić information content (AvgIpc) is 3.08. The van der Waals surface area contributed by atoms with E-state index in [1.165, 1.54) is 5.56 Å². The van der Waals surface area contributed by atoms with Gasteiger partial charge < -0.3 is 14.8 Å². The molecule has 0 atom stereocenters. The highest BCUT2D eigenvalue weighted by molar-refractivity contribution is 5.98. The van der Waals surface area contributed by atoms with Gasteiger partial charge in [0.25, 0.3) is 5.91 Å². The number of hydrogen-bond donors (Lipinski definition) is 1. The van der Waals surface area contributed by atoms with E-state index in [2.05, 4.69) is 57.8 Å². The minimum absolute atomic E-state index is 0.0165. The molecule has 2 heterocycles. The maximum atomic E-state index is 12.9. The maximum absolute atomic E-state index is 12.9. The van der Waals surface area contributed by atoms with E-state index in [9.17, 15) is 9.59 Å². The topological polar surface area (TPSA) is 56.4 Å². The lowest BCUT2D eigenvalue weighted by atomic mass is 9.87. The van der Waals surface area contributed by atoms with Gasteiger partial charge in [0.15, 0.2) is 0 Å². The molecule has 1 aliphatic rings. The van der Waals surface area contributed by atoms with E-state index >= 15 is 0 Å². The lowest BCUT2D eigenvalue weighted by molar-refractivity contribution is -0.132. The van der Waals surface area contributed by atoms with E-state index in [0.29, 0.717) is 44.2 Å². The molecule has 1 aliphatic heterocycles. The molecular weight excluding hydrogens is 350 g/mol. The van der Waals surface area contributed by atoms with Crippen molar-refractivity contribution in [2.24, 2.45) is 5.92 Å². The summed E-state index contributed by atoms with van der Waals surface area (Å²) in [7, 11) is 0. The number of aromatic amines is 1. The van der Waals surface area contributed by atoms with E-state index < -0.39 is 0 Å². The Bertz CT molecular complexity index is 852.